The molecule has 98 valence electrons. The largest absolute Gasteiger partial charge is 0.481 e. The van der Waals surface area contributed by atoms with Gasteiger partial charge in [-0.1, -0.05) is 29.5 Å². The van der Waals surface area contributed by atoms with Gasteiger partial charge in [0.25, 0.3) is 0 Å². The summed E-state index contributed by atoms with van der Waals surface area (Å²) in [5.74, 6) is -0.921. The van der Waals surface area contributed by atoms with Crippen LogP contribution in [0.4, 0.5) is 0 Å². The molecule has 1 saturated carbocycles. The third kappa shape index (κ3) is 2.06. The lowest BCUT2D eigenvalue weighted by molar-refractivity contribution is -0.155. The van der Waals surface area contributed by atoms with Crippen LogP contribution in [-0.2, 0) is 9.59 Å². The molecule has 1 rings (SSSR count). The van der Waals surface area contributed by atoms with Crippen LogP contribution >= 0.6 is 22.6 Å². The van der Waals surface area contributed by atoms with Gasteiger partial charge in [-0.3, -0.25) is 9.59 Å². The normalized spacial score (nSPS) is 36.9. The highest BCUT2D eigenvalue weighted by molar-refractivity contribution is 14.1. The van der Waals surface area contributed by atoms with Crippen molar-refractivity contribution < 1.29 is 14.7 Å². The minimum atomic E-state index is -0.801. The summed E-state index contributed by atoms with van der Waals surface area (Å²) < 4.78 is 0.678. The van der Waals surface area contributed by atoms with Crippen LogP contribution in [0.25, 0.3) is 0 Å². The second-order valence-corrected chi connectivity index (χ2v) is 6.28. The molecule has 0 unspecified atom stereocenters. The Morgan fingerprint density at radius 3 is 2.29 bits per heavy atom. The highest BCUT2D eigenvalue weighted by Gasteiger charge is 2.60. The third-order valence-corrected chi connectivity index (χ3v) is 6.04. The van der Waals surface area contributed by atoms with Gasteiger partial charge < -0.3 is 10.0 Å². The smallest absolute Gasteiger partial charge is 0.309 e. The van der Waals surface area contributed by atoms with Gasteiger partial charge in [-0.25, -0.2) is 0 Å². The van der Waals surface area contributed by atoms with Crippen LogP contribution in [0.5, 0.6) is 0 Å². The molecule has 0 spiro atoms. The Kier molecular flexibility index (Phi) is 4.11. The standard InChI is InChI=1S/C12H20INO3/c1-11(10(16)17)6-5-8(9(15)14(3)4)12(11,2)7-13/h8H,5-7H2,1-4H3,(H,16,17)/t8-,11-,12-/m0/s1. The summed E-state index contributed by atoms with van der Waals surface area (Å²) >= 11 is 2.20. The molecule has 4 nitrogen and oxygen atoms in total. The summed E-state index contributed by atoms with van der Waals surface area (Å²) in [6.45, 7) is 3.71. The highest BCUT2D eigenvalue weighted by atomic mass is 127. The number of carboxylic acid groups (broad SMARTS) is 1. The third-order valence-electron chi connectivity index (χ3n) is 4.45. The number of amides is 1. The van der Waals surface area contributed by atoms with Crippen molar-refractivity contribution in [2.75, 3.05) is 18.5 Å². The van der Waals surface area contributed by atoms with Gasteiger partial charge in [0.15, 0.2) is 0 Å². The Morgan fingerprint density at radius 1 is 1.41 bits per heavy atom. The molecule has 1 aliphatic carbocycles. The maximum atomic E-state index is 12.2. The van der Waals surface area contributed by atoms with Crippen LogP contribution < -0.4 is 0 Å². The Bertz CT molecular complexity index is 345. The Labute approximate surface area is 116 Å². The van der Waals surface area contributed by atoms with Crippen molar-refractivity contribution in [3.05, 3.63) is 0 Å². The van der Waals surface area contributed by atoms with E-state index in [0.717, 1.165) is 0 Å². The first-order valence-corrected chi connectivity index (χ1v) is 7.24. The fourth-order valence-electron chi connectivity index (χ4n) is 2.72. The molecular weight excluding hydrogens is 333 g/mol. The summed E-state index contributed by atoms with van der Waals surface area (Å²) in [4.78, 5) is 25.2. The number of nitrogens with zero attached hydrogens (tertiary/aromatic N) is 1. The Balaban J connectivity index is 3.15. The number of hydrogen-bond acceptors (Lipinski definition) is 2. The van der Waals surface area contributed by atoms with Crippen LogP contribution in [0.3, 0.4) is 0 Å². The first-order valence-electron chi connectivity index (χ1n) is 5.71. The number of halogens is 1. The number of carboxylic acids is 1. The fraction of sp³-hybridized carbons (Fsp3) is 0.833. The lowest BCUT2D eigenvalue weighted by atomic mass is 9.65. The maximum Gasteiger partial charge on any atom is 0.309 e. The van der Waals surface area contributed by atoms with Crippen molar-refractivity contribution in [1.82, 2.24) is 4.90 Å². The molecule has 0 aromatic rings. The lowest BCUT2D eigenvalue weighted by Crippen LogP contribution is -2.48. The molecule has 17 heavy (non-hydrogen) atoms. The van der Waals surface area contributed by atoms with Gasteiger partial charge in [0.05, 0.1) is 5.41 Å². The molecule has 0 bridgehead atoms. The molecule has 0 heterocycles. The molecule has 0 radical (unpaired) electrons. The van der Waals surface area contributed by atoms with E-state index in [1.165, 1.54) is 0 Å². The van der Waals surface area contributed by atoms with E-state index in [-0.39, 0.29) is 11.8 Å². The highest BCUT2D eigenvalue weighted by Crippen LogP contribution is 2.57. The van der Waals surface area contributed by atoms with Gasteiger partial charge in [-0.15, -0.1) is 0 Å². The zero-order chi connectivity index (χ0) is 13.4. The summed E-state index contributed by atoms with van der Waals surface area (Å²) in [7, 11) is 3.46. The molecule has 0 saturated heterocycles. The summed E-state index contributed by atoms with van der Waals surface area (Å²) in [5.41, 5.74) is -1.27. The molecule has 0 aromatic heterocycles. The zero-order valence-electron chi connectivity index (χ0n) is 10.8. The molecular formula is C12H20INO3. The van der Waals surface area contributed by atoms with Crippen LogP contribution in [0.1, 0.15) is 26.7 Å². The van der Waals surface area contributed by atoms with E-state index in [1.807, 2.05) is 6.92 Å². The van der Waals surface area contributed by atoms with Gasteiger partial charge in [0.2, 0.25) is 5.91 Å². The SMILES string of the molecule is CN(C)C(=O)[C@@H]1CC[C@@](C)(C(=O)O)[C@@]1(C)CI. The minimum absolute atomic E-state index is 0.0501. The van der Waals surface area contributed by atoms with Crippen LogP contribution in [0, 0.1) is 16.7 Å². The Morgan fingerprint density at radius 2 is 1.94 bits per heavy atom. The topological polar surface area (TPSA) is 57.6 Å². The quantitative estimate of drug-likeness (QED) is 0.624. The number of aliphatic carboxylic acids is 1. The van der Waals surface area contributed by atoms with E-state index < -0.39 is 16.8 Å². The predicted octanol–water partition coefficient (Wildman–Crippen LogP) is 2.02. The second kappa shape index (κ2) is 4.74. The number of hydrogen-bond donors (Lipinski definition) is 1. The number of carbonyl (C=O) groups is 2. The predicted molar refractivity (Wildman–Crippen MR) is 74.2 cm³/mol. The first kappa shape index (κ1) is 14.7. The Hall–Kier alpha value is -0.330. The van der Waals surface area contributed by atoms with Crippen molar-refractivity contribution in [3.63, 3.8) is 0 Å². The van der Waals surface area contributed by atoms with Gasteiger partial charge in [0.1, 0.15) is 0 Å². The van der Waals surface area contributed by atoms with Gasteiger partial charge in [-0.05, 0) is 19.8 Å². The summed E-state index contributed by atoms with van der Waals surface area (Å²) in [5, 5.41) is 9.45. The molecule has 1 fully saturated rings. The van der Waals surface area contributed by atoms with Gasteiger partial charge >= 0.3 is 5.97 Å². The van der Waals surface area contributed by atoms with Crippen molar-refractivity contribution in [1.29, 1.82) is 0 Å². The monoisotopic (exact) mass is 353 g/mol. The number of alkyl halides is 1. The van der Waals surface area contributed by atoms with E-state index in [2.05, 4.69) is 22.6 Å². The maximum absolute atomic E-state index is 12.2. The van der Waals surface area contributed by atoms with Crippen molar-refractivity contribution >= 4 is 34.5 Å². The van der Waals surface area contributed by atoms with Crippen LogP contribution in [0.2, 0.25) is 0 Å². The molecule has 1 N–H and O–H groups in total. The zero-order valence-corrected chi connectivity index (χ0v) is 12.9. The van der Waals surface area contributed by atoms with Gasteiger partial charge in [-0.2, -0.15) is 0 Å². The summed E-state index contributed by atoms with van der Waals surface area (Å²) in [6.07, 6.45) is 1.24. The average Bonchev–Trinajstić information content (AvgIpc) is 2.53. The lowest BCUT2D eigenvalue weighted by Gasteiger charge is -2.40. The summed E-state index contributed by atoms with van der Waals surface area (Å²) in [6, 6.07) is 0. The van der Waals surface area contributed by atoms with Gasteiger partial charge in [0, 0.05) is 29.9 Å². The fourth-order valence-corrected chi connectivity index (χ4v) is 4.09. The van der Waals surface area contributed by atoms with E-state index in [1.54, 1.807) is 25.9 Å². The molecule has 5 heteroatoms. The van der Waals surface area contributed by atoms with Crippen molar-refractivity contribution in [2.45, 2.75) is 26.7 Å². The van der Waals surface area contributed by atoms with E-state index >= 15 is 0 Å². The second-order valence-electron chi connectivity index (χ2n) is 5.51. The average molecular weight is 353 g/mol. The first-order chi connectivity index (χ1) is 7.70. The van der Waals surface area contributed by atoms with Crippen molar-refractivity contribution in [3.8, 4) is 0 Å². The van der Waals surface area contributed by atoms with Crippen molar-refractivity contribution in [2.24, 2.45) is 16.7 Å². The van der Waals surface area contributed by atoms with E-state index in [9.17, 15) is 14.7 Å². The molecule has 0 aliphatic heterocycles. The van der Waals surface area contributed by atoms with E-state index in [4.69, 9.17) is 0 Å². The minimum Gasteiger partial charge on any atom is -0.481 e. The molecule has 1 amide bonds. The van der Waals surface area contributed by atoms with Crippen LogP contribution in [-0.4, -0.2) is 40.4 Å². The molecule has 3 atom stereocenters. The van der Waals surface area contributed by atoms with E-state index in [0.29, 0.717) is 17.3 Å². The molecule has 0 aromatic carbocycles. The number of rotatable bonds is 3. The van der Waals surface area contributed by atoms with Crippen LogP contribution in [0.15, 0.2) is 0 Å². The number of carbonyl (C=O) groups excluding carboxylic acids is 1. The molecule has 1 aliphatic rings.